The van der Waals surface area contributed by atoms with E-state index in [4.69, 9.17) is 12.2 Å². The molecule has 0 aliphatic heterocycles. The van der Waals surface area contributed by atoms with Crippen LogP contribution in [0.4, 0.5) is 5.69 Å². The summed E-state index contributed by atoms with van der Waals surface area (Å²) in [7, 11) is 0. The van der Waals surface area contributed by atoms with Gasteiger partial charge in [-0.05, 0) is 68.9 Å². The van der Waals surface area contributed by atoms with Gasteiger partial charge in [-0.15, -0.1) is 0 Å². The van der Waals surface area contributed by atoms with Gasteiger partial charge < -0.3 is 5.32 Å². The third-order valence-corrected chi connectivity index (χ3v) is 4.29. The number of hydrogen-bond donors (Lipinski definition) is 2. The summed E-state index contributed by atoms with van der Waals surface area (Å²) in [6.45, 7) is 4.20. The monoisotopic (exact) mass is 303 g/mol. The lowest BCUT2D eigenvalue weighted by atomic mass is 9.99. The maximum atomic E-state index is 5.34. The van der Waals surface area contributed by atoms with Gasteiger partial charge in [0.1, 0.15) is 0 Å². The van der Waals surface area contributed by atoms with Gasteiger partial charge in [0.05, 0.1) is 0 Å². The van der Waals surface area contributed by atoms with Crippen LogP contribution >= 0.6 is 12.2 Å². The second kappa shape index (κ2) is 8.13. The highest BCUT2D eigenvalue weighted by molar-refractivity contribution is 7.80. The summed E-state index contributed by atoms with van der Waals surface area (Å²) in [6.07, 6.45) is 8.70. The van der Waals surface area contributed by atoms with E-state index in [-0.39, 0.29) is 0 Å². The summed E-state index contributed by atoms with van der Waals surface area (Å²) in [5, 5.41) is 8.30. The van der Waals surface area contributed by atoms with Crippen molar-refractivity contribution in [2.75, 3.05) is 5.32 Å². The van der Waals surface area contributed by atoms with E-state index in [0.717, 1.165) is 18.5 Å². The molecular weight excluding hydrogens is 278 g/mol. The molecule has 1 aromatic rings. The van der Waals surface area contributed by atoms with Crippen LogP contribution in [0.25, 0.3) is 0 Å². The minimum Gasteiger partial charge on any atom is -0.331 e. The quantitative estimate of drug-likeness (QED) is 0.614. The smallest absolute Gasteiger partial charge is 0.191 e. The Balaban J connectivity index is 1.90. The highest BCUT2D eigenvalue weighted by atomic mass is 32.1. The predicted octanol–water partition coefficient (Wildman–Crippen LogP) is 4.69. The fourth-order valence-corrected chi connectivity index (χ4v) is 2.75. The molecule has 0 unspecified atom stereocenters. The molecule has 3 nitrogen and oxygen atoms in total. The zero-order chi connectivity index (χ0) is 15.1. The second-order valence-corrected chi connectivity index (χ2v) is 6.17. The molecule has 114 valence electrons. The summed E-state index contributed by atoms with van der Waals surface area (Å²) >= 11 is 5.34. The maximum absolute atomic E-state index is 5.34. The van der Waals surface area contributed by atoms with Gasteiger partial charge in [0.25, 0.3) is 0 Å². The molecule has 4 heteroatoms. The minimum absolute atomic E-state index is 0.568. The van der Waals surface area contributed by atoms with Gasteiger partial charge in [0, 0.05) is 11.4 Å². The fraction of sp³-hybridized carbons (Fsp3) is 0.529. The predicted molar refractivity (Wildman–Crippen MR) is 95.0 cm³/mol. The first-order valence-electron chi connectivity index (χ1n) is 7.85. The molecular formula is C17H25N3S. The van der Waals surface area contributed by atoms with Gasteiger partial charge in [-0.3, -0.25) is 5.43 Å². The van der Waals surface area contributed by atoms with Crippen LogP contribution < -0.4 is 10.7 Å². The summed E-state index contributed by atoms with van der Waals surface area (Å²) < 4.78 is 0. The van der Waals surface area contributed by atoms with Crippen molar-refractivity contribution in [3.8, 4) is 0 Å². The molecule has 1 fully saturated rings. The Bertz CT molecular complexity index is 513. The van der Waals surface area contributed by atoms with Gasteiger partial charge >= 0.3 is 0 Å². The minimum atomic E-state index is 0.568. The molecule has 0 atom stereocenters. The van der Waals surface area contributed by atoms with Gasteiger partial charge in [-0.2, -0.15) is 5.10 Å². The average Bonchev–Trinajstić information content (AvgIpc) is 2.43. The molecule has 0 spiro atoms. The molecule has 1 saturated carbocycles. The van der Waals surface area contributed by atoms with E-state index in [0.29, 0.717) is 5.11 Å². The van der Waals surface area contributed by atoms with Crippen LogP contribution in [0.3, 0.4) is 0 Å². The van der Waals surface area contributed by atoms with E-state index in [2.05, 4.69) is 35.8 Å². The van der Waals surface area contributed by atoms with E-state index >= 15 is 0 Å². The van der Waals surface area contributed by atoms with Gasteiger partial charge in [0.15, 0.2) is 5.11 Å². The molecule has 0 bridgehead atoms. The van der Waals surface area contributed by atoms with Crippen molar-refractivity contribution in [2.45, 2.75) is 58.8 Å². The van der Waals surface area contributed by atoms with Crippen molar-refractivity contribution in [2.24, 2.45) is 5.10 Å². The number of anilines is 1. The number of nitrogens with one attached hydrogen (secondary N) is 2. The first kappa shape index (κ1) is 16.0. The standard InChI is InChI=1S/C17H25N3S/c1-13-9-8-12-16(14(13)2)18-17(21)20-19-15-10-6-4-3-5-7-11-15/h8-9,12H,3-7,10-11H2,1-2H3,(H2,18,20,21). The Kier molecular flexibility index (Phi) is 6.18. The van der Waals surface area contributed by atoms with Crippen LogP contribution in [-0.2, 0) is 0 Å². The molecule has 0 saturated heterocycles. The molecule has 2 rings (SSSR count). The Hall–Kier alpha value is -1.42. The Morgan fingerprint density at radius 1 is 1.05 bits per heavy atom. The van der Waals surface area contributed by atoms with E-state index in [1.54, 1.807) is 0 Å². The molecule has 21 heavy (non-hydrogen) atoms. The molecule has 0 aromatic heterocycles. The van der Waals surface area contributed by atoms with Gasteiger partial charge in [-0.25, -0.2) is 0 Å². The number of thiocarbonyl (C=S) groups is 1. The number of benzene rings is 1. The van der Waals surface area contributed by atoms with Gasteiger partial charge in [-0.1, -0.05) is 31.4 Å². The van der Waals surface area contributed by atoms with Crippen molar-refractivity contribution in [1.82, 2.24) is 5.43 Å². The largest absolute Gasteiger partial charge is 0.331 e. The SMILES string of the molecule is Cc1cccc(NC(=S)NN=C2CCCCCCC2)c1C. The third kappa shape index (κ3) is 5.12. The zero-order valence-corrected chi connectivity index (χ0v) is 13.9. The molecule has 1 aliphatic carbocycles. The van der Waals surface area contributed by atoms with E-state index in [1.807, 2.05) is 12.1 Å². The number of rotatable bonds is 2. The van der Waals surface area contributed by atoms with Crippen molar-refractivity contribution in [3.05, 3.63) is 29.3 Å². The molecule has 0 amide bonds. The number of hydrogen-bond acceptors (Lipinski definition) is 2. The Morgan fingerprint density at radius 2 is 1.71 bits per heavy atom. The number of hydrazone groups is 1. The van der Waals surface area contributed by atoms with Crippen molar-refractivity contribution in [1.29, 1.82) is 0 Å². The first-order chi connectivity index (χ1) is 10.2. The highest BCUT2D eigenvalue weighted by Crippen LogP contribution is 2.18. The fourth-order valence-electron chi connectivity index (χ4n) is 2.59. The van der Waals surface area contributed by atoms with Crippen molar-refractivity contribution >= 4 is 28.7 Å². The number of aryl methyl sites for hydroxylation is 1. The molecule has 1 aliphatic rings. The van der Waals surface area contributed by atoms with Crippen LogP contribution in [0.1, 0.15) is 56.1 Å². The zero-order valence-electron chi connectivity index (χ0n) is 13.0. The Labute approximate surface area is 133 Å². The van der Waals surface area contributed by atoms with E-state index in [9.17, 15) is 0 Å². The van der Waals surface area contributed by atoms with Crippen LogP contribution in [0.2, 0.25) is 0 Å². The van der Waals surface area contributed by atoms with Crippen LogP contribution in [0, 0.1) is 13.8 Å². The van der Waals surface area contributed by atoms with Crippen LogP contribution in [0.5, 0.6) is 0 Å². The van der Waals surface area contributed by atoms with Gasteiger partial charge in [0.2, 0.25) is 0 Å². The summed E-state index contributed by atoms with van der Waals surface area (Å²) in [6, 6.07) is 6.18. The summed E-state index contributed by atoms with van der Waals surface area (Å²) in [5.74, 6) is 0. The first-order valence-corrected chi connectivity index (χ1v) is 8.26. The maximum Gasteiger partial charge on any atom is 0.191 e. The number of nitrogens with zero attached hydrogens (tertiary/aromatic N) is 1. The lowest BCUT2D eigenvalue weighted by Gasteiger charge is -2.14. The van der Waals surface area contributed by atoms with Crippen LogP contribution in [0.15, 0.2) is 23.3 Å². The second-order valence-electron chi connectivity index (χ2n) is 5.76. The van der Waals surface area contributed by atoms with Crippen molar-refractivity contribution < 1.29 is 0 Å². The molecule has 0 heterocycles. The van der Waals surface area contributed by atoms with Crippen LogP contribution in [-0.4, -0.2) is 10.8 Å². The molecule has 0 radical (unpaired) electrons. The normalized spacial score (nSPS) is 15.8. The third-order valence-electron chi connectivity index (χ3n) is 4.10. The van der Waals surface area contributed by atoms with Crippen molar-refractivity contribution in [3.63, 3.8) is 0 Å². The van der Waals surface area contributed by atoms with E-state index < -0.39 is 0 Å². The lowest BCUT2D eigenvalue weighted by molar-refractivity contribution is 0.604. The molecule has 1 aromatic carbocycles. The topological polar surface area (TPSA) is 36.4 Å². The van der Waals surface area contributed by atoms with E-state index in [1.165, 1.54) is 48.9 Å². The summed E-state index contributed by atoms with van der Waals surface area (Å²) in [5.41, 5.74) is 7.78. The molecule has 2 N–H and O–H groups in total. The Morgan fingerprint density at radius 3 is 2.43 bits per heavy atom. The highest BCUT2D eigenvalue weighted by Gasteiger charge is 2.06. The summed E-state index contributed by atoms with van der Waals surface area (Å²) in [4.78, 5) is 0. The lowest BCUT2D eigenvalue weighted by Crippen LogP contribution is -2.25. The average molecular weight is 303 g/mol.